The maximum absolute atomic E-state index is 13.3. The number of aliphatic hydroxyl groups excluding tert-OH is 1. The fourth-order valence-corrected chi connectivity index (χ4v) is 5.26. The third-order valence-electron chi connectivity index (χ3n) is 6.33. The van der Waals surface area contributed by atoms with Gasteiger partial charge in [0.15, 0.2) is 17.3 Å². The van der Waals surface area contributed by atoms with Gasteiger partial charge in [0.25, 0.3) is 0 Å². The number of hydrogen-bond donors (Lipinski definition) is 1. The van der Waals surface area contributed by atoms with Gasteiger partial charge in [0.1, 0.15) is 0 Å². The zero-order valence-electron chi connectivity index (χ0n) is 18.8. The molecule has 2 aliphatic carbocycles. The van der Waals surface area contributed by atoms with E-state index in [0.29, 0.717) is 28.7 Å². The summed E-state index contributed by atoms with van der Waals surface area (Å²) in [6.45, 7) is 12.3. The van der Waals surface area contributed by atoms with Crippen molar-refractivity contribution in [3.05, 3.63) is 34.1 Å². The lowest BCUT2D eigenvalue weighted by atomic mass is 9.54. The van der Waals surface area contributed by atoms with E-state index < -0.39 is 28.6 Å². The first-order chi connectivity index (χ1) is 13.8. The Bertz CT molecular complexity index is 982. The minimum Gasteiger partial charge on any atom is -0.504 e. The van der Waals surface area contributed by atoms with Crippen molar-refractivity contribution in [2.24, 2.45) is 5.41 Å². The van der Waals surface area contributed by atoms with E-state index in [-0.39, 0.29) is 23.2 Å². The van der Waals surface area contributed by atoms with Crippen LogP contribution >= 0.6 is 0 Å². The number of ketones is 1. The van der Waals surface area contributed by atoms with Crippen LogP contribution in [0.1, 0.15) is 95.1 Å². The van der Waals surface area contributed by atoms with Crippen LogP contribution in [0.3, 0.4) is 0 Å². The van der Waals surface area contributed by atoms with Gasteiger partial charge in [-0.15, -0.1) is 0 Å². The molecular formula is C24H30O6. The minimum absolute atomic E-state index is 0.109. The van der Waals surface area contributed by atoms with Crippen LogP contribution in [0.2, 0.25) is 0 Å². The molecule has 0 radical (unpaired) electrons. The van der Waals surface area contributed by atoms with Crippen molar-refractivity contribution in [3.63, 3.8) is 0 Å². The minimum atomic E-state index is -0.732. The fourth-order valence-electron chi connectivity index (χ4n) is 5.26. The molecule has 1 atom stereocenters. The van der Waals surface area contributed by atoms with Gasteiger partial charge in [-0.1, -0.05) is 41.0 Å². The molecule has 0 spiro atoms. The van der Waals surface area contributed by atoms with Crippen molar-refractivity contribution >= 4 is 17.7 Å². The molecule has 1 aromatic rings. The van der Waals surface area contributed by atoms with Gasteiger partial charge in [0, 0.05) is 36.0 Å². The number of hydrogen-bond acceptors (Lipinski definition) is 6. The molecule has 1 aromatic carbocycles. The molecule has 0 amide bonds. The van der Waals surface area contributed by atoms with E-state index in [1.165, 1.54) is 13.8 Å². The fraction of sp³-hybridized carbons (Fsp3) is 0.542. The van der Waals surface area contributed by atoms with Crippen molar-refractivity contribution in [2.75, 3.05) is 0 Å². The van der Waals surface area contributed by atoms with Crippen molar-refractivity contribution in [2.45, 2.75) is 79.1 Å². The molecule has 0 bridgehead atoms. The molecule has 3 rings (SSSR count). The van der Waals surface area contributed by atoms with Crippen molar-refractivity contribution in [1.82, 2.24) is 0 Å². The highest BCUT2D eigenvalue weighted by molar-refractivity contribution is 6.12. The highest BCUT2D eigenvalue weighted by Crippen LogP contribution is 2.60. The normalized spacial score (nSPS) is 22.5. The lowest BCUT2D eigenvalue weighted by Crippen LogP contribution is -2.44. The lowest BCUT2D eigenvalue weighted by Gasteiger charge is -2.49. The Morgan fingerprint density at radius 2 is 1.60 bits per heavy atom. The summed E-state index contributed by atoms with van der Waals surface area (Å²) in [7, 11) is 0. The highest BCUT2D eigenvalue weighted by atomic mass is 16.6. The number of esters is 2. The average molecular weight is 414 g/mol. The van der Waals surface area contributed by atoms with Gasteiger partial charge in [0.05, 0.1) is 0 Å². The molecule has 1 saturated carbocycles. The van der Waals surface area contributed by atoms with Gasteiger partial charge >= 0.3 is 11.9 Å². The average Bonchev–Trinajstić information content (AvgIpc) is 2.58. The summed E-state index contributed by atoms with van der Waals surface area (Å²) in [5, 5.41) is 11.0. The van der Waals surface area contributed by atoms with Crippen molar-refractivity contribution in [1.29, 1.82) is 0 Å². The molecule has 162 valence electrons. The molecule has 0 unspecified atom stereocenters. The third-order valence-corrected chi connectivity index (χ3v) is 6.33. The summed E-state index contributed by atoms with van der Waals surface area (Å²) in [6, 6.07) is 1.67. The topological polar surface area (TPSA) is 89.9 Å². The Labute approximate surface area is 177 Å². The SMILES string of the molecule is CC(=O)Oc1c(C(C)C)cc2c(c1OC(C)=O)[C@@]1(C)CCCC(C)(C)C1=C(O)C2=O. The van der Waals surface area contributed by atoms with Crippen LogP contribution in [0.5, 0.6) is 11.5 Å². The summed E-state index contributed by atoms with van der Waals surface area (Å²) in [5.41, 5.74) is 0.901. The first kappa shape index (κ1) is 22.1. The third kappa shape index (κ3) is 3.32. The number of carbonyl (C=O) groups is 3. The van der Waals surface area contributed by atoms with Crippen LogP contribution in [0.25, 0.3) is 0 Å². The summed E-state index contributed by atoms with van der Waals surface area (Å²) < 4.78 is 11.2. The lowest BCUT2D eigenvalue weighted by molar-refractivity contribution is -0.134. The summed E-state index contributed by atoms with van der Waals surface area (Å²) in [6.07, 6.45) is 2.38. The quantitative estimate of drug-likeness (QED) is 0.544. The molecule has 30 heavy (non-hydrogen) atoms. The molecular weight excluding hydrogens is 384 g/mol. The summed E-state index contributed by atoms with van der Waals surface area (Å²) in [5.74, 6) is -1.66. The smallest absolute Gasteiger partial charge is 0.308 e. The Morgan fingerprint density at radius 3 is 2.13 bits per heavy atom. The van der Waals surface area contributed by atoms with E-state index in [2.05, 4.69) is 0 Å². The first-order valence-electron chi connectivity index (χ1n) is 10.4. The Morgan fingerprint density at radius 1 is 1.03 bits per heavy atom. The number of Topliss-reactive ketones (excluding diaryl/α,β-unsaturated/α-hetero) is 1. The Hall–Kier alpha value is -2.63. The van der Waals surface area contributed by atoms with E-state index in [9.17, 15) is 19.5 Å². The maximum atomic E-state index is 13.3. The molecule has 1 fully saturated rings. The van der Waals surface area contributed by atoms with Crippen LogP contribution in [-0.4, -0.2) is 22.8 Å². The molecule has 0 heterocycles. The van der Waals surface area contributed by atoms with Crippen LogP contribution in [0, 0.1) is 5.41 Å². The van der Waals surface area contributed by atoms with E-state index >= 15 is 0 Å². The number of carbonyl (C=O) groups excluding carboxylic acids is 3. The zero-order valence-corrected chi connectivity index (χ0v) is 18.8. The first-order valence-corrected chi connectivity index (χ1v) is 10.4. The predicted octanol–water partition coefficient (Wildman–Crippen LogP) is 5.14. The largest absolute Gasteiger partial charge is 0.504 e. The number of ether oxygens (including phenoxy) is 2. The molecule has 2 aliphatic rings. The van der Waals surface area contributed by atoms with Gasteiger partial charge in [-0.05, 0) is 35.8 Å². The summed E-state index contributed by atoms with van der Waals surface area (Å²) >= 11 is 0. The monoisotopic (exact) mass is 414 g/mol. The van der Waals surface area contributed by atoms with Crippen LogP contribution in [0.15, 0.2) is 17.4 Å². The van der Waals surface area contributed by atoms with Gasteiger partial charge in [-0.25, -0.2) is 0 Å². The molecule has 0 saturated heterocycles. The van der Waals surface area contributed by atoms with Gasteiger partial charge in [-0.3, -0.25) is 14.4 Å². The number of rotatable bonds is 3. The van der Waals surface area contributed by atoms with E-state index in [0.717, 1.165) is 12.8 Å². The van der Waals surface area contributed by atoms with E-state index in [1.54, 1.807) is 6.07 Å². The number of allylic oxidation sites excluding steroid dienone is 2. The predicted molar refractivity (Wildman–Crippen MR) is 112 cm³/mol. The molecule has 1 N–H and O–H groups in total. The number of benzene rings is 1. The van der Waals surface area contributed by atoms with Crippen molar-refractivity contribution < 1.29 is 29.0 Å². The highest BCUT2D eigenvalue weighted by Gasteiger charge is 2.52. The number of fused-ring (bicyclic) bond motifs is 3. The molecule has 6 nitrogen and oxygen atoms in total. The van der Waals surface area contributed by atoms with E-state index in [4.69, 9.17) is 9.47 Å². The second kappa shape index (κ2) is 7.25. The standard InChI is InChI=1S/C24H30O6/c1-12(2)15-11-16-17(21(30-14(4)26)20(15)29-13(3)25)24(7)10-8-9-23(5,6)22(24)19(28)18(16)27/h11-12,28H,8-10H2,1-7H3/t24-/m1/s1. The van der Waals surface area contributed by atoms with Crippen LogP contribution in [0.4, 0.5) is 0 Å². The maximum Gasteiger partial charge on any atom is 0.308 e. The summed E-state index contributed by atoms with van der Waals surface area (Å²) in [4.78, 5) is 37.2. The van der Waals surface area contributed by atoms with Crippen molar-refractivity contribution in [3.8, 4) is 11.5 Å². The zero-order chi connectivity index (χ0) is 22.6. The molecule has 0 aliphatic heterocycles. The number of aliphatic hydroxyl groups is 1. The van der Waals surface area contributed by atoms with Crippen LogP contribution in [-0.2, 0) is 15.0 Å². The van der Waals surface area contributed by atoms with Gasteiger partial charge < -0.3 is 14.6 Å². The Balaban J connectivity index is 2.47. The van der Waals surface area contributed by atoms with Crippen LogP contribution < -0.4 is 9.47 Å². The second-order valence-corrected chi connectivity index (χ2v) is 9.51. The molecule has 0 aromatic heterocycles. The van der Waals surface area contributed by atoms with E-state index in [1.807, 2.05) is 34.6 Å². The second-order valence-electron chi connectivity index (χ2n) is 9.51. The Kier molecular flexibility index (Phi) is 5.34. The molecule has 6 heteroatoms. The van der Waals surface area contributed by atoms with Gasteiger partial charge in [-0.2, -0.15) is 0 Å². The van der Waals surface area contributed by atoms with Gasteiger partial charge in [0.2, 0.25) is 5.78 Å².